The molecule has 2 aromatic carbocycles. The number of carbonyl (C=O) groups excluding carboxylic acids is 4. The van der Waals surface area contributed by atoms with E-state index in [0.29, 0.717) is 48.3 Å². The quantitative estimate of drug-likeness (QED) is 0.0807. The number of hydrogen-bond acceptors (Lipinski definition) is 8. The molecule has 0 N–H and O–H groups in total. The van der Waals surface area contributed by atoms with Crippen LogP contribution in [0.25, 0.3) is 0 Å². The van der Waals surface area contributed by atoms with E-state index in [0.717, 1.165) is 37.8 Å². The zero-order valence-electron chi connectivity index (χ0n) is 26.8. The van der Waals surface area contributed by atoms with Crippen molar-refractivity contribution in [3.63, 3.8) is 0 Å². The van der Waals surface area contributed by atoms with E-state index in [-0.39, 0.29) is 43.3 Å². The van der Waals surface area contributed by atoms with Crippen LogP contribution in [0.5, 0.6) is 11.5 Å². The first-order chi connectivity index (χ1) is 22.8. The van der Waals surface area contributed by atoms with Crippen molar-refractivity contribution in [1.29, 1.82) is 0 Å². The molecule has 0 aromatic heterocycles. The third-order valence-corrected chi connectivity index (χ3v) is 11.6. The summed E-state index contributed by atoms with van der Waals surface area (Å²) in [6.45, 7) is 8.66. The van der Waals surface area contributed by atoms with E-state index < -0.39 is 46.5 Å². The first kappa shape index (κ1) is 38.9. The number of esters is 4. The predicted octanol–water partition coefficient (Wildman–Crippen LogP) is 10.6. The molecule has 4 atom stereocenters. The van der Waals surface area contributed by atoms with Crippen molar-refractivity contribution in [2.45, 2.75) is 66.2 Å². The number of hydrogen-bond donors (Lipinski definition) is 0. The monoisotopic (exact) mass is 782 g/mol. The molecule has 0 bridgehead atoms. The van der Waals surface area contributed by atoms with Gasteiger partial charge in [0.15, 0.2) is 11.5 Å². The van der Waals surface area contributed by atoms with Crippen LogP contribution in [0.2, 0.25) is 30.1 Å². The van der Waals surface area contributed by atoms with E-state index >= 15 is 0 Å². The normalized spacial score (nSPS) is 22.5. The van der Waals surface area contributed by atoms with Gasteiger partial charge in [-0.15, -0.1) is 0 Å². The molecule has 0 spiro atoms. The second-order valence-electron chi connectivity index (χ2n) is 12.0. The summed E-state index contributed by atoms with van der Waals surface area (Å²) < 4.78 is 21.3. The van der Waals surface area contributed by atoms with Crippen molar-refractivity contribution in [1.82, 2.24) is 0 Å². The lowest BCUT2D eigenvalue weighted by Gasteiger charge is -2.15. The Morgan fingerprint density at radius 1 is 0.521 bits per heavy atom. The molecule has 0 aliphatic heterocycles. The molecule has 0 heterocycles. The zero-order valence-corrected chi connectivity index (χ0v) is 31.3. The number of ether oxygens (including phenoxy) is 4. The van der Waals surface area contributed by atoms with Gasteiger partial charge in [0.05, 0.1) is 43.3 Å². The average molecular weight is 785 g/mol. The van der Waals surface area contributed by atoms with Crippen molar-refractivity contribution in [3.8, 4) is 11.5 Å². The average Bonchev–Trinajstić information content (AvgIpc) is 3.94. The van der Waals surface area contributed by atoms with Crippen molar-refractivity contribution >= 4 is 93.5 Å². The zero-order chi connectivity index (χ0) is 35.4. The van der Waals surface area contributed by atoms with Crippen LogP contribution in [-0.2, 0) is 19.1 Å². The maximum atomic E-state index is 13.1. The Hall–Kier alpha value is -1.94. The van der Waals surface area contributed by atoms with Crippen molar-refractivity contribution < 1.29 is 38.1 Å². The first-order valence-electron chi connectivity index (χ1n) is 15.9. The van der Waals surface area contributed by atoms with Gasteiger partial charge in [0.1, 0.15) is 11.1 Å². The molecular weight excluding hydrogens is 749 g/mol. The maximum absolute atomic E-state index is 13.1. The van der Waals surface area contributed by atoms with E-state index in [9.17, 15) is 19.2 Å². The lowest BCUT2D eigenvalue weighted by molar-refractivity contribution is -0.156. The Bertz CT molecular complexity index is 1440. The molecule has 0 radical (unpaired) electrons. The highest BCUT2D eigenvalue weighted by Gasteiger charge is 2.47. The van der Waals surface area contributed by atoms with Crippen molar-refractivity contribution in [3.05, 3.63) is 53.4 Å². The highest BCUT2D eigenvalue weighted by Crippen LogP contribution is 2.53. The van der Waals surface area contributed by atoms with Gasteiger partial charge in [-0.25, -0.2) is 19.2 Å². The molecule has 8 nitrogen and oxygen atoms in total. The van der Waals surface area contributed by atoms with Crippen LogP contribution in [0.4, 0.5) is 0 Å². The van der Waals surface area contributed by atoms with Crippen LogP contribution in [0.3, 0.4) is 0 Å². The minimum atomic E-state index is -1.63. The van der Waals surface area contributed by atoms with Gasteiger partial charge in [-0.05, 0) is 60.5 Å². The van der Waals surface area contributed by atoms with E-state index in [4.69, 9.17) is 88.6 Å². The highest BCUT2D eigenvalue weighted by molar-refractivity contribution is 6.47. The first-order valence-corrected chi connectivity index (χ1v) is 18.2. The summed E-state index contributed by atoms with van der Waals surface area (Å²) in [6, 6.07) is 2.27. The molecule has 4 rings (SSSR count). The lowest BCUT2D eigenvalue weighted by atomic mass is 10.2. The molecular formula is C34H36Cl6O8. The van der Waals surface area contributed by atoms with Crippen molar-refractivity contribution in [2.24, 2.45) is 35.5 Å². The minimum Gasteiger partial charge on any atom is -0.462 e. The van der Waals surface area contributed by atoms with Crippen LogP contribution >= 0.6 is 69.6 Å². The fraction of sp³-hybridized carbons (Fsp3) is 0.529. The molecule has 2 aromatic rings. The third-order valence-electron chi connectivity index (χ3n) is 9.49. The van der Waals surface area contributed by atoms with Gasteiger partial charge in [0, 0.05) is 0 Å². The Morgan fingerprint density at radius 3 is 1.12 bits per heavy atom. The van der Waals surface area contributed by atoms with Gasteiger partial charge >= 0.3 is 23.9 Å². The highest BCUT2D eigenvalue weighted by atomic mass is 35.5. The number of rotatable bonds is 14. The molecule has 262 valence electrons. The molecule has 2 aliphatic carbocycles. The van der Waals surface area contributed by atoms with Gasteiger partial charge in [-0.2, -0.15) is 0 Å². The lowest BCUT2D eigenvalue weighted by Crippen LogP contribution is -2.27. The summed E-state index contributed by atoms with van der Waals surface area (Å²) >= 11 is 37.5. The Morgan fingerprint density at radius 2 is 0.833 bits per heavy atom. The third kappa shape index (κ3) is 8.50. The second kappa shape index (κ2) is 16.8. The van der Waals surface area contributed by atoms with Crippen molar-refractivity contribution in [2.75, 3.05) is 13.2 Å². The fourth-order valence-electron chi connectivity index (χ4n) is 7.04. The second-order valence-corrected chi connectivity index (χ2v) is 14.3. The topological polar surface area (TPSA) is 105 Å². The Balaban J connectivity index is 1.48. The van der Waals surface area contributed by atoms with Crippen LogP contribution in [0, 0.1) is 35.5 Å². The molecule has 0 saturated heterocycles. The van der Waals surface area contributed by atoms with Gasteiger partial charge in [0.2, 0.25) is 0 Å². The van der Waals surface area contributed by atoms with Crippen LogP contribution in [0.1, 0.15) is 86.9 Å². The summed E-state index contributed by atoms with van der Waals surface area (Å²) in [4.78, 5) is 52.3. The van der Waals surface area contributed by atoms with Crippen LogP contribution in [-0.4, -0.2) is 37.1 Å². The molecule has 4 unspecified atom stereocenters. The summed E-state index contributed by atoms with van der Waals surface area (Å²) in [5.74, 6) is -3.13. The predicted molar refractivity (Wildman–Crippen MR) is 186 cm³/mol. The van der Waals surface area contributed by atoms with Gasteiger partial charge in [-0.3, -0.25) is 0 Å². The van der Waals surface area contributed by atoms with E-state index in [2.05, 4.69) is 27.7 Å². The summed E-state index contributed by atoms with van der Waals surface area (Å²) in [6.07, 6.45) is 5.45. The molecule has 2 fully saturated rings. The standard InChI is InChI=1S/C34H36Cl6O8/c1-5-15-16(6-2)19(15)9-11-45-31(41)25-27(39)21(35)13-23(37)29(25)47-33(43)34(44)48-30-24(38)14-22(36)28(40)26(30)32(42)46-12-10-20-17(7-3)18(20)8-4/h13-20H,5-12H2,1-4H3. The minimum absolute atomic E-state index is 0.0835. The maximum Gasteiger partial charge on any atom is 0.423 e. The smallest absolute Gasteiger partial charge is 0.423 e. The summed E-state index contributed by atoms with van der Waals surface area (Å²) in [5.41, 5.74) is -0.901. The Labute approximate surface area is 309 Å². The van der Waals surface area contributed by atoms with Crippen LogP contribution in [0.15, 0.2) is 12.1 Å². The van der Waals surface area contributed by atoms with Gasteiger partial charge in [0.25, 0.3) is 0 Å². The summed E-state index contributed by atoms with van der Waals surface area (Å²) in [5, 5.41) is -1.44. The molecule has 2 saturated carbocycles. The largest absolute Gasteiger partial charge is 0.462 e. The number of halogens is 6. The molecule has 14 heteroatoms. The van der Waals surface area contributed by atoms with Gasteiger partial charge < -0.3 is 18.9 Å². The molecule has 0 amide bonds. The fourth-order valence-corrected chi connectivity index (χ4v) is 8.48. The number of benzene rings is 2. The van der Waals surface area contributed by atoms with Crippen LogP contribution < -0.4 is 9.47 Å². The molecule has 48 heavy (non-hydrogen) atoms. The number of carbonyl (C=O) groups is 4. The van der Waals surface area contributed by atoms with E-state index in [1.54, 1.807) is 0 Å². The molecule has 2 aliphatic rings. The summed E-state index contributed by atoms with van der Waals surface area (Å²) in [7, 11) is 0. The van der Waals surface area contributed by atoms with E-state index in [1.165, 1.54) is 0 Å². The van der Waals surface area contributed by atoms with Gasteiger partial charge in [-0.1, -0.05) is 123 Å². The Kier molecular flexibility index (Phi) is 13.6. The SMILES string of the molecule is CCC1C(CC)C1CCOC(=O)c1c(Cl)c(Cl)cc(Cl)c1OC(=O)C(=O)Oc1c(Cl)cc(Cl)c(Cl)c1C(=O)OCCC1C(CC)C1CC. The van der Waals surface area contributed by atoms with E-state index in [1.807, 2.05) is 0 Å².